The molecular weight excluding hydrogens is 574 g/mol. The molecule has 1 saturated heterocycles. The van der Waals surface area contributed by atoms with Crippen molar-refractivity contribution in [1.29, 1.82) is 0 Å². The summed E-state index contributed by atoms with van der Waals surface area (Å²) in [4.78, 5) is 28.1. The Bertz CT molecular complexity index is 1400. The standard InChI is InChI=1S/C30H40ClN5O3SSi/c1-20(25-11-12-26(40-25)22-10-8-7-9-21(22)19-39-41(5,6)30(2,3)4)32-27-23-17-36(18-24(23)33-28(31)34-27)29(37)35-13-15-38-16-14-35/h7-12,20H,13-19H2,1-6H3,(H,32,33,34). The van der Waals surface area contributed by atoms with Crippen LogP contribution in [-0.2, 0) is 28.9 Å². The predicted octanol–water partition coefficient (Wildman–Crippen LogP) is 7.32. The van der Waals surface area contributed by atoms with Crippen LogP contribution < -0.4 is 5.32 Å². The first-order valence-corrected chi connectivity index (χ1v) is 18.3. The van der Waals surface area contributed by atoms with Gasteiger partial charge in [-0.2, -0.15) is 0 Å². The number of amides is 2. The third-order valence-electron chi connectivity index (χ3n) is 8.39. The van der Waals surface area contributed by atoms with Crippen molar-refractivity contribution < 1.29 is 14.0 Å². The molecule has 0 saturated carbocycles. The fraction of sp³-hybridized carbons (Fsp3) is 0.500. The Morgan fingerprint density at radius 2 is 1.85 bits per heavy atom. The number of hydrogen-bond donors (Lipinski definition) is 1. The molecule has 3 aromatic rings. The second kappa shape index (κ2) is 12.0. The molecule has 1 fully saturated rings. The van der Waals surface area contributed by atoms with Crippen molar-refractivity contribution in [3.63, 3.8) is 0 Å². The third-order valence-corrected chi connectivity index (χ3v) is 14.3. The van der Waals surface area contributed by atoms with E-state index in [4.69, 9.17) is 20.8 Å². The van der Waals surface area contributed by atoms with Gasteiger partial charge in [0.2, 0.25) is 5.28 Å². The third kappa shape index (κ3) is 6.62. The maximum absolute atomic E-state index is 13.1. The zero-order chi connectivity index (χ0) is 29.4. The summed E-state index contributed by atoms with van der Waals surface area (Å²) in [7, 11) is -1.87. The Kier molecular flexibility index (Phi) is 8.78. The molecule has 5 rings (SSSR count). The minimum absolute atomic E-state index is 0.000480. The molecular formula is C30H40ClN5O3SSi. The highest BCUT2D eigenvalue weighted by atomic mass is 35.5. The van der Waals surface area contributed by atoms with Crippen molar-refractivity contribution in [2.75, 3.05) is 31.6 Å². The van der Waals surface area contributed by atoms with Crippen LogP contribution >= 0.6 is 22.9 Å². The van der Waals surface area contributed by atoms with E-state index in [1.807, 2.05) is 9.80 Å². The summed E-state index contributed by atoms with van der Waals surface area (Å²) in [5.41, 5.74) is 4.13. The summed E-state index contributed by atoms with van der Waals surface area (Å²) in [6.07, 6.45) is 0. The van der Waals surface area contributed by atoms with Gasteiger partial charge in [-0.05, 0) is 59.9 Å². The van der Waals surface area contributed by atoms with Gasteiger partial charge in [0, 0.05) is 28.4 Å². The summed E-state index contributed by atoms with van der Waals surface area (Å²) in [5, 5.41) is 3.91. The second-order valence-electron chi connectivity index (χ2n) is 12.3. The predicted molar refractivity (Wildman–Crippen MR) is 168 cm³/mol. The summed E-state index contributed by atoms with van der Waals surface area (Å²) >= 11 is 8.09. The monoisotopic (exact) mass is 613 g/mol. The Hall–Kier alpha value is -2.50. The van der Waals surface area contributed by atoms with Crippen LogP contribution in [0.1, 0.15) is 55.4 Å². The highest BCUT2D eigenvalue weighted by Gasteiger charge is 2.37. The molecule has 2 aliphatic rings. The van der Waals surface area contributed by atoms with Gasteiger partial charge in [0.05, 0.1) is 44.6 Å². The Balaban J connectivity index is 1.30. The number of benzene rings is 1. The fourth-order valence-corrected chi connectivity index (χ4v) is 7.01. The molecule has 1 aromatic carbocycles. The second-order valence-corrected chi connectivity index (χ2v) is 18.5. The van der Waals surface area contributed by atoms with Crippen molar-refractivity contribution in [2.45, 2.75) is 71.6 Å². The number of rotatable bonds is 7. The molecule has 2 aliphatic heterocycles. The molecule has 8 nitrogen and oxygen atoms in total. The molecule has 0 radical (unpaired) electrons. The Morgan fingerprint density at radius 1 is 1.12 bits per heavy atom. The zero-order valence-electron chi connectivity index (χ0n) is 24.8. The molecule has 1 N–H and O–H groups in total. The van der Waals surface area contributed by atoms with E-state index >= 15 is 0 Å². The summed E-state index contributed by atoms with van der Waals surface area (Å²) in [5.74, 6) is 0.683. The number of aromatic nitrogens is 2. The molecule has 0 spiro atoms. The van der Waals surface area contributed by atoms with E-state index in [1.54, 1.807) is 11.3 Å². The van der Waals surface area contributed by atoms with Gasteiger partial charge >= 0.3 is 6.03 Å². The Labute approximate surface area is 253 Å². The van der Waals surface area contributed by atoms with E-state index in [9.17, 15) is 4.79 Å². The molecule has 220 valence electrons. The molecule has 1 unspecified atom stereocenters. The van der Waals surface area contributed by atoms with Crippen molar-refractivity contribution in [1.82, 2.24) is 19.8 Å². The number of nitrogens with zero attached hydrogens (tertiary/aromatic N) is 4. The first-order valence-electron chi connectivity index (χ1n) is 14.2. The minimum Gasteiger partial charge on any atom is -0.413 e. The van der Waals surface area contributed by atoms with Gasteiger partial charge in [0.15, 0.2) is 8.32 Å². The van der Waals surface area contributed by atoms with Crippen LogP contribution in [-0.4, -0.2) is 60.4 Å². The lowest BCUT2D eigenvalue weighted by Crippen LogP contribution is -2.46. The fourth-order valence-electron chi connectivity index (χ4n) is 4.80. The highest BCUT2D eigenvalue weighted by Crippen LogP contribution is 2.39. The van der Waals surface area contributed by atoms with Crippen LogP contribution in [0.15, 0.2) is 36.4 Å². The molecule has 41 heavy (non-hydrogen) atoms. The largest absolute Gasteiger partial charge is 0.413 e. The highest BCUT2D eigenvalue weighted by molar-refractivity contribution is 7.15. The van der Waals surface area contributed by atoms with E-state index in [0.29, 0.717) is 51.8 Å². The lowest BCUT2D eigenvalue weighted by Gasteiger charge is -2.36. The minimum atomic E-state index is -1.87. The maximum atomic E-state index is 13.1. The number of carbonyl (C=O) groups excluding carboxylic acids is 1. The average molecular weight is 614 g/mol. The number of carbonyl (C=O) groups is 1. The molecule has 0 aliphatic carbocycles. The van der Waals surface area contributed by atoms with Gasteiger partial charge in [-0.25, -0.2) is 14.8 Å². The smallest absolute Gasteiger partial charge is 0.320 e. The lowest BCUT2D eigenvalue weighted by atomic mass is 10.1. The topological polar surface area (TPSA) is 79.8 Å². The van der Waals surface area contributed by atoms with E-state index in [1.165, 1.54) is 20.9 Å². The number of halogens is 1. The summed E-state index contributed by atoms with van der Waals surface area (Å²) in [6, 6.07) is 12.9. The molecule has 1 atom stereocenters. The van der Waals surface area contributed by atoms with Crippen LogP contribution in [0.3, 0.4) is 0 Å². The average Bonchev–Trinajstić information content (AvgIpc) is 3.60. The lowest BCUT2D eigenvalue weighted by molar-refractivity contribution is 0.0429. The number of hydrogen-bond acceptors (Lipinski definition) is 7. The number of fused-ring (bicyclic) bond motifs is 1. The quantitative estimate of drug-likeness (QED) is 0.222. The summed E-state index contributed by atoms with van der Waals surface area (Å²) in [6.45, 7) is 17.3. The zero-order valence-corrected chi connectivity index (χ0v) is 27.4. The van der Waals surface area contributed by atoms with Crippen molar-refractivity contribution in [3.05, 3.63) is 63.4 Å². The van der Waals surface area contributed by atoms with Gasteiger partial charge in [-0.3, -0.25) is 0 Å². The molecule has 2 amide bonds. The number of ether oxygens (including phenoxy) is 1. The first kappa shape index (κ1) is 30.0. The molecule has 2 aromatic heterocycles. The van der Waals surface area contributed by atoms with E-state index in [2.05, 4.69) is 92.5 Å². The number of anilines is 1. The Morgan fingerprint density at radius 3 is 2.59 bits per heavy atom. The van der Waals surface area contributed by atoms with Gasteiger partial charge < -0.3 is 24.3 Å². The van der Waals surface area contributed by atoms with Crippen molar-refractivity contribution in [2.24, 2.45) is 0 Å². The maximum Gasteiger partial charge on any atom is 0.320 e. The van der Waals surface area contributed by atoms with Crippen molar-refractivity contribution in [3.8, 4) is 10.4 Å². The molecule has 0 bridgehead atoms. The number of thiophene rings is 1. The number of nitrogens with one attached hydrogen (secondary N) is 1. The van der Waals surface area contributed by atoms with E-state index in [-0.39, 0.29) is 22.4 Å². The normalized spacial score (nSPS) is 16.6. The number of urea groups is 1. The molecule has 4 heterocycles. The van der Waals surface area contributed by atoms with Gasteiger partial charge in [0.25, 0.3) is 0 Å². The van der Waals surface area contributed by atoms with Crippen LogP contribution in [0.25, 0.3) is 10.4 Å². The first-order chi connectivity index (χ1) is 19.4. The van der Waals surface area contributed by atoms with Gasteiger partial charge in [-0.1, -0.05) is 45.0 Å². The van der Waals surface area contributed by atoms with Crippen LogP contribution in [0.5, 0.6) is 0 Å². The van der Waals surface area contributed by atoms with Crippen LogP contribution in [0.4, 0.5) is 10.6 Å². The van der Waals surface area contributed by atoms with Crippen molar-refractivity contribution >= 4 is 43.1 Å². The van der Waals surface area contributed by atoms with E-state index in [0.717, 1.165) is 11.3 Å². The van der Waals surface area contributed by atoms with Gasteiger partial charge in [0.1, 0.15) is 5.82 Å². The van der Waals surface area contributed by atoms with Gasteiger partial charge in [-0.15, -0.1) is 11.3 Å². The van der Waals surface area contributed by atoms with E-state index < -0.39 is 8.32 Å². The van der Waals surface area contributed by atoms with Crippen LogP contribution in [0, 0.1) is 0 Å². The summed E-state index contributed by atoms with van der Waals surface area (Å²) < 4.78 is 12.0. The molecule has 11 heteroatoms. The van der Waals surface area contributed by atoms with Crippen LogP contribution in [0.2, 0.25) is 23.4 Å². The SMILES string of the molecule is CC(Nc1nc(Cl)nc2c1CN(C(=O)N1CCOCC1)C2)c1ccc(-c2ccccc2CO[Si](C)(C)C(C)(C)C)s1. The number of morpholine rings is 1.